The van der Waals surface area contributed by atoms with Gasteiger partial charge in [-0.2, -0.15) is 0 Å². The molecule has 1 aromatic carbocycles. The Morgan fingerprint density at radius 1 is 1.00 bits per heavy atom. The molecule has 4 aromatic rings. The summed E-state index contributed by atoms with van der Waals surface area (Å²) in [6.45, 7) is 2.81. The number of halogens is 3. The third kappa shape index (κ3) is 2.54. The predicted octanol–water partition coefficient (Wildman–Crippen LogP) is 3.78. The van der Waals surface area contributed by atoms with Crippen LogP contribution >= 0.6 is 0 Å². The zero-order valence-electron chi connectivity index (χ0n) is 13.8. The van der Waals surface area contributed by atoms with Gasteiger partial charge < -0.3 is 9.13 Å². The molecule has 26 heavy (non-hydrogen) atoms. The van der Waals surface area contributed by atoms with Crippen LogP contribution in [0.2, 0.25) is 0 Å². The molecule has 0 N–H and O–H groups in total. The van der Waals surface area contributed by atoms with Gasteiger partial charge >= 0.3 is 0 Å². The van der Waals surface area contributed by atoms with Crippen molar-refractivity contribution in [3.8, 4) is 11.4 Å². The molecule has 8 heteroatoms. The number of benzene rings is 1. The summed E-state index contributed by atoms with van der Waals surface area (Å²) in [7, 11) is 0. The zero-order chi connectivity index (χ0) is 18.3. The molecular formula is C18H14F3N5. The maximum absolute atomic E-state index is 14.2. The van der Waals surface area contributed by atoms with Crippen LogP contribution in [0.25, 0.3) is 22.6 Å². The molecule has 0 spiro atoms. The van der Waals surface area contributed by atoms with Gasteiger partial charge in [0.05, 0.1) is 12.1 Å². The van der Waals surface area contributed by atoms with E-state index in [4.69, 9.17) is 0 Å². The van der Waals surface area contributed by atoms with Gasteiger partial charge in [0, 0.05) is 25.1 Å². The van der Waals surface area contributed by atoms with E-state index < -0.39 is 23.0 Å². The number of nitrogens with zero attached hydrogens (tertiary/aromatic N) is 5. The summed E-state index contributed by atoms with van der Waals surface area (Å²) in [5, 5.41) is 0. The highest BCUT2D eigenvalue weighted by Gasteiger charge is 2.21. The maximum Gasteiger partial charge on any atom is 0.172 e. The largest absolute Gasteiger partial charge is 0.323 e. The molecule has 0 fully saturated rings. The van der Waals surface area contributed by atoms with Gasteiger partial charge in [-0.05, 0) is 31.2 Å². The Kier molecular flexibility index (Phi) is 3.95. The van der Waals surface area contributed by atoms with E-state index in [9.17, 15) is 13.2 Å². The van der Waals surface area contributed by atoms with E-state index in [1.54, 1.807) is 18.5 Å². The number of imidazole rings is 2. The first-order valence-corrected chi connectivity index (χ1v) is 8.05. The molecule has 3 heterocycles. The van der Waals surface area contributed by atoms with Crippen molar-refractivity contribution in [3.63, 3.8) is 0 Å². The summed E-state index contributed by atoms with van der Waals surface area (Å²) < 4.78 is 45.3. The molecule has 0 aliphatic heterocycles. The van der Waals surface area contributed by atoms with Crippen molar-refractivity contribution in [1.82, 2.24) is 24.1 Å². The standard InChI is InChI=1S/C18H14F3N5/c1-2-26-14(24-13-4-3-7-22-17(13)26)10-25-9-8-23-18(25)15-11(19)5-6-12(20)16(15)21/h3-9H,2,10H2,1H3. The van der Waals surface area contributed by atoms with E-state index in [1.807, 2.05) is 17.6 Å². The van der Waals surface area contributed by atoms with Crippen LogP contribution in [0, 0.1) is 17.5 Å². The fourth-order valence-corrected chi connectivity index (χ4v) is 3.01. The van der Waals surface area contributed by atoms with Crippen molar-refractivity contribution in [3.05, 3.63) is 66.1 Å². The molecule has 4 rings (SSSR count). The van der Waals surface area contributed by atoms with E-state index in [0.717, 1.165) is 23.3 Å². The van der Waals surface area contributed by atoms with Gasteiger partial charge in [-0.25, -0.2) is 28.1 Å². The smallest absolute Gasteiger partial charge is 0.172 e. The second-order valence-electron chi connectivity index (χ2n) is 5.72. The highest BCUT2D eigenvalue weighted by molar-refractivity contribution is 5.71. The Morgan fingerprint density at radius 3 is 2.62 bits per heavy atom. The van der Waals surface area contributed by atoms with Crippen molar-refractivity contribution in [2.24, 2.45) is 0 Å². The van der Waals surface area contributed by atoms with Crippen molar-refractivity contribution < 1.29 is 13.2 Å². The molecule has 0 aliphatic rings. The SMILES string of the molecule is CCn1c(Cn2ccnc2-c2c(F)ccc(F)c2F)nc2cccnc21. The third-order valence-electron chi connectivity index (χ3n) is 4.19. The monoisotopic (exact) mass is 357 g/mol. The van der Waals surface area contributed by atoms with Gasteiger partial charge in [-0.1, -0.05) is 0 Å². The highest BCUT2D eigenvalue weighted by Crippen LogP contribution is 2.27. The van der Waals surface area contributed by atoms with Gasteiger partial charge in [0.15, 0.2) is 17.3 Å². The number of hydrogen-bond acceptors (Lipinski definition) is 3. The van der Waals surface area contributed by atoms with Gasteiger partial charge in [0.25, 0.3) is 0 Å². The summed E-state index contributed by atoms with van der Waals surface area (Å²) in [6, 6.07) is 5.28. The molecule has 0 saturated heterocycles. The van der Waals surface area contributed by atoms with Gasteiger partial charge in [-0.3, -0.25) is 0 Å². The number of rotatable bonds is 4. The molecule has 5 nitrogen and oxygen atoms in total. The molecule has 0 atom stereocenters. The van der Waals surface area contributed by atoms with Crippen LogP contribution in [0.1, 0.15) is 12.7 Å². The van der Waals surface area contributed by atoms with Crippen LogP contribution < -0.4 is 0 Å². The lowest BCUT2D eigenvalue weighted by Gasteiger charge is -2.11. The lowest BCUT2D eigenvalue weighted by molar-refractivity contribution is 0.497. The number of fused-ring (bicyclic) bond motifs is 1. The number of aryl methyl sites for hydroxylation is 1. The molecule has 0 saturated carbocycles. The van der Waals surface area contributed by atoms with E-state index in [2.05, 4.69) is 15.0 Å². The molecule has 0 radical (unpaired) electrons. The van der Waals surface area contributed by atoms with Crippen molar-refractivity contribution in [2.75, 3.05) is 0 Å². The van der Waals surface area contributed by atoms with Crippen molar-refractivity contribution in [1.29, 1.82) is 0 Å². The van der Waals surface area contributed by atoms with Crippen LogP contribution in [0.15, 0.2) is 42.9 Å². The normalized spacial score (nSPS) is 11.4. The Labute approximate surface area is 146 Å². The summed E-state index contributed by atoms with van der Waals surface area (Å²) in [4.78, 5) is 12.9. The summed E-state index contributed by atoms with van der Waals surface area (Å²) in [6.07, 6.45) is 4.67. The molecule has 0 aliphatic carbocycles. The summed E-state index contributed by atoms with van der Waals surface area (Å²) >= 11 is 0. The number of hydrogen-bond donors (Lipinski definition) is 0. The predicted molar refractivity (Wildman–Crippen MR) is 89.8 cm³/mol. The van der Waals surface area contributed by atoms with E-state index in [1.165, 1.54) is 10.8 Å². The van der Waals surface area contributed by atoms with Crippen LogP contribution in [0.5, 0.6) is 0 Å². The Balaban J connectivity index is 1.82. The quantitative estimate of drug-likeness (QED) is 0.522. The van der Waals surface area contributed by atoms with E-state index >= 15 is 0 Å². The fraction of sp³-hybridized carbons (Fsp3) is 0.167. The second-order valence-corrected chi connectivity index (χ2v) is 5.72. The minimum atomic E-state index is -1.26. The minimum absolute atomic E-state index is 0.00201. The summed E-state index contributed by atoms with van der Waals surface area (Å²) in [5.74, 6) is -2.59. The first-order valence-electron chi connectivity index (χ1n) is 8.05. The molecule has 3 aromatic heterocycles. The van der Waals surface area contributed by atoms with Gasteiger partial charge in [-0.15, -0.1) is 0 Å². The number of aromatic nitrogens is 5. The van der Waals surface area contributed by atoms with Crippen molar-refractivity contribution >= 4 is 11.2 Å². The Morgan fingerprint density at radius 2 is 1.81 bits per heavy atom. The maximum atomic E-state index is 14.2. The Bertz CT molecular complexity index is 1100. The first kappa shape index (κ1) is 16.3. The Hall–Kier alpha value is -3.16. The molecule has 0 bridgehead atoms. The average molecular weight is 357 g/mol. The zero-order valence-corrected chi connectivity index (χ0v) is 13.8. The topological polar surface area (TPSA) is 48.5 Å². The average Bonchev–Trinajstić information content (AvgIpc) is 3.23. The molecule has 0 amide bonds. The van der Waals surface area contributed by atoms with Gasteiger partial charge in [0.2, 0.25) is 0 Å². The lowest BCUT2D eigenvalue weighted by atomic mass is 10.1. The summed E-state index contributed by atoms with van der Waals surface area (Å²) in [5.41, 5.74) is 0.969. The number of pyridine rings is 1. The molecule has 132 valence electrons. The van der Waals surface area contributed by atoms with Crippen molar-refractivity contribution in [2.45, 2.75) is 20.0 Å². The van der Waals surface area contributed by atoms with Crippen LogP contribution in [0.3, 0.4) is 0 Å². The van der Waals surface area contributed by atoms with E-state index in [0.29, 0.717) is 12.4 Å². The lowest BCUT2D eigenvalue weighted by Crippen LogP contribution is -2.10. The highest BCUT2D eigenvalue weighted by atomic mass is 19.2. The molecule has 0 unspecified atom stereocenters. The van der Waals surface area contributed by atoms with Crippen LogP contribution in [-0.2, 0) is 13.1 Å². The minimum Gasteiger partial charge on any atom is -0.323 e. The first-order chi connectivity index (χ1) is 12.6. The van der Waals surface area contributed by atoms with Crippen LogP contribution in [-0.4, -0.2) is 24.1 Å². The fourth-order valence-electron chi connectivity index (χ4n) is 3.01. The molecular weight excluding hydrogens is 343 g/mol. The van der Waals surface area contributed by atoms with E-state index in [-0.39, 0.29) is 12.4 Å². The van der Waals surface area contributed by atoms with Gasteiger partial charge in [0.1, 0.15) is 23.0 Å². The van der Waals surface area contributed by atoms with Crippen LogP contribution in [0.4, 0.5) is 13.2 Å². The second kappa shape index (κ2) is 6.29. The third-order valence-corrected chi connectivity index (χ3v) is 4.19.